The molecular formula is C28H22F4N2O2S. The monoisotopic (exact) mass is 526 g/mol. The normalized spacial score (nSPS) is 11.3. The van der Waals surface area contributed by atoms with E-state index < -0.39 is 17.7 Å². The van der Waals surface area contributed by atoms with Crippen LogP contribution in [0.5, 0.6) is 11.5 Å². The third-order valence-electron chi connectivity index (χ3n) is 5.30. The molecule has 1 aromatic heterocycles. The molecule has 1 amide bonds. The summed E-state index contributed by atoms with van der Waals surface area (Å²) in [5.74, 6) is -0.137. The van der Waals surface area contributed by atoms with Gasteiger partial charge in [-0.25, -0.2) is 4.98 Å². The molecule has 3 aromatic carbocycles. The van der Waals surface area contributed by atoms with Gasteiger partial charge in [0.1, 0.15) is 11.5 Å². The number of nitrogens with one attached hydrogen (secondary N) is 1. The molecule has 0 aliphatic carbocycles. The van der Waals surface area contributed by atoms with Crippen LogP contribution in [0.4, 0.5) is 23.2 Å². The van der Waals surface area contributed by atoms with Gasteiger partial charge in [-0.2, -0.15) is 17.6 Å². The lowest BCUT2D eigenvalue weighted by atomic mass is 10.1. The molecule has 0 unspecified atom stereocenters. The zero-order valence-electron chi connectivity index (χ0n) is 19.7. The molecule has 0 atom stereocenters. The van der Waals surface area contributed by atoms with Gasteiger partial charge in [-0.05, 0) is 65.9 Å². The third-order valence-corrected chi connectivity index (χ3v) is 6.20. The van der Waals surface area contributed by atoms with E-state index in [-0.39, 0.29) is 35.0 Å². The summed E-state index contributed by atoms with van der Waals surface area (Å²) in [7, 11) is 0. The summed E-state index contributed by atoms with van der Waals surface area (Å²) in [6, 6.07) is 19.6. The number of halogens is 4. The Morgan fingerprint density at radius 2 is 1.76 bits per heavy atom. The van der Waals surface area contributed by atoms with Crippen molar-refractivity contribution in [3.05, 3.63) is 102 Å². The second kappa shape index (κ2) is 11.5. The summed E-state index contributed by atoms with van der Waals surface area (Å²) in [5.41, 5.74) is 0.662. The molecule has 0 radical (unpaired) electrons. The van der Waals surface area contributed by atoms with Crippen molar-refractivity contribution in [2.24, 2.45) is 0 Å². The molecule has 0 bridgehead atoms. The molecular weight excluding hydrogens is 504 g/mol. The van der Waals surface area contributed by atoms with Crippen LogP contribution in [-0.4, -0.2) is 16.6 Å². The Bertz CT molecular complexity index is 1390. The van der Waals surface area contributed by atoms with Gasteiger partial charge >= 0.3 is 6.18 Å². The molecule has 4 aromatic rings. The number of rotatable bonds is 8. The average Bonchev–Trinajstić information content (AvgIpc) is 2.86. The predicted octanol–water partition coefficient (Wildman–Crippen LogP) is 7.99. The zero-order valence-corrected chi connectivity index (χ0v) is 20.5. The van der Waals surface area contributed by atoms with Crippen molar-refractivity contribution in [2.45, 2.75) is 24.4 Å². The maximum Gasteiger partial charge on any atom is 0.416 e. The lowest BCUT2D eigenvalue weighted by Gasteiger charge is -2.15. The highest BCUT2D eigenvalue weighted by Gasteiger charge is 2.30. The van der Waals surface area contributed by atoms with Gasteiger partial charge in [0.2, 0.25) is 11.9 Å². The molecule has 0 aliphatic rings. The molecule has 37 heavy (non-hydrogen) atoms. The first-order valence-corrected chi connectivity index (χ1v) is 12.3. The minimum Gasteiger partial charge on any atom is -0.457 e. The van der Waals surface area contributed by atoms with Crippen LogP contribution in [0.3, 0.4) is 0 Å². The van der Waals surface area contributed by atoms with Crippen LogP contribution in [-0.2, 0) is 17.4 Å². The molecule has 4 nitrogen and oxygen atoms in total. The van der Waals surface area contributed by atoms with Gasteiger partial charge < -0.3 is 10.1 Å². The number of hydrogen-bond donors (Lipinski definition) is 1. The van der Waals surface area contributed by atoms with Gasteiger partial charge in [0, 0.05) is 34.0 Å². The summed E-state index contributed by atoms with van der Waals surface area (Å²) in [5, 5.41) is 2.77. The Hall–Kier alpha value is -3.85. The number of pyridine rings is 1. The van der Waals surface area contributed by atoms with Crippen molar-refractivity contribution in [3.63, 3.8) is 0 Å². The molecule has 1 N–H and O–H groups in total. The molecule has 0 fully saturated rings. The van der Waals surface area contributed by atoms with Gasteiger partial charge in [0.15, 0.2) is 0 Å². The number of anilines is 1. The first-order valence-electron chi connectivity index (χ1n) is 11.3. The second-order valence-electron chi connectivity index (χ2n) is 7.98. The molecule has 190 valence electrons. The van der Waals surface area contributed by atoms with E-state index in [0.717, 1.165) is 28.3 Å². The van der Waals surface area contributed by atoms with Gasteiger partial charge in [-0.15, -0.1) is 11.8 Å². The first-order chi connectivity index (χ1) is 17.7. The van der Waals surface area contributed by atoms with Crippen LogP contribution in [0.25, 0.3) is 11.1 Å². The van der Waals surface area contributed by atoms with Crippen molar-refractivity contribution in [1.82, 2.24) is 4.98 Å². The molecule has 0 saturated carbocycles. The Morgan fingerprint density at radius 3 is 2.46 bits per heavy atom. The van der Waals surface area contributed by atoms with Crippen molar-refractivity contribution in [3.8, 4) is 22.6 Å². The topological polar surface area (TPSA) is 51.2 Å². The van der Waals surface area contributed by atoms with E-state index in [2.05, 4.69) is 17.2 Å². The first kappa shape index (κ1) is 26.2. The van der Waals surface area contributed by atoms with Crippen LogP contribution < -0.4 is 10.1 Å². The van der Waals surface area contributed by atoms with E-state index in [9.17, 15) is 22.4 Å². The van der Waals surface area contributed by atoms with Crippen LogP contribution in [0.1, 0.15) is 18.1 Å². The number of benzene rings is 3. The van der Waals surface area contributed by atoms with E-state index in [0.29, 0.717) is 5.69 Å². The molecule has 0 saturated heterocycles. The van der Waals surface area contributed by atoms with E-state index in [1.165, 1.54) is 42.6 Å². The summed E-state index contributed by atoms with van der Waals surface area (Å²) in [4.78, 5) is 17.4. The zero-order chi connectivity index (χ0) is 26.4. The number of alkyl halides is 3. The van der Waals surface area contributed by atoms with E-state index in [1.807, 2.05) is 24.3 Å². The fraction of sp³-hybridized carbons (Fsp3) is 0.143. The number of nitrogens with zero attached hydrogens (tertiary/aromatic N) is 1. The number of amides is 1. The SMILES string of the molecule is CCSc1ccc(CC(=O)Nc2ccc(-c3cccnc3F)c(Oc3cccc(C(F)(F)F)c3)c2)cc1. The second-order valence-corrected chi connectivity index (χ2v) is 9.32. The molecule has 1 heterocycles. The highest BCUT2D eigenvalue weighted by atomic mass is 32.2. The quantitative estimate of drug-likeness (QED) is 0.144. The lowest BCUT2D eigenvalue weighted by molar-refractivity contribution is -0.137. The fourth-order valence-corrected chi connectivity index (χ4v) is 4.28. The number of thioether (sulfide) groups is 1. The van der Waals surface area contributed by atoms with E-state index >= 15 is 0 Å². The number of aromatic nitrogens is 1. The van der Waals surface area contributed by atoms with Crippen LogP contribution in [0.2, 0.25) is 0 Å². The van der Waals surface area contributed by atoms with Crippen LogP contribution >= 0.6 is 11.8 Å². The van der Waals surface area contributed by atoms with Crippen molar-refractivity contribution in [2.75, 3.05) is 11.1 Å². The van der Waals surface area contributed by atoms with Gasteiger partial charge in [0.05, 0.1) is 12.0 Å². The Labute approximate surface area is 215 Å². The largest absolute Gasteiger partial charge is 0.457 e. The molecule has 4 rings (SSSR count). The average molecular weight is 527 g/mol. The van der Waals surface area contributed by atoms with E-state index in [1.54, 1.807) is 17.8 Å². The molecule has 0 spiro atoms. The summed E-state index contributed by atoms with van der Waals surface area (Å²) < 4.78 is 59.8. The number of ether oxygens (including phenoxy) is 1. The minimum absolute atomic E-state index is 0.0602. The third kappa shape index (κ3) is 6.89. The number of carbonyl (C=O) groups excluding carboxylic acids is 1. The minimum atomic E-state index is -4.55. The molecule has 9 heteroatoms. The maximum atomic E-state index is 14.5. The van der Waals surface area contributed by atoms with Crippen molar-refractivity contribution in [1.29, 1.82) is 0 Å². The Balaban J connectivity index is 1.61. The van der Waals surface area contributed by atoms with Crippen molar-refractivity contribution < 1.29 is 27.1 Å². The smallest absolute Gasteiger partial charge is 0.416 e. The Kier molecular flexibility index (Phi) is 8.13. The van der Waals surface area contributed by atoms with Crippen molar-refractivity contribution >= 4 is 23.4 Å². The lowest BCUT2D eigenvalue weighted by Crippen LogP contribution is -2.14. The number of carbonyl (C=O) groups is 1. The van der Waals surface area contributed by atoms with Gasteiger partial charge in [-0.1, -0.05) is 25.1 Å². The summed E-state index contributed by atoms with van der Waals surface area (Å²) in [6.45, 7) is 2.06. The fourth-order valence-electron chi connectivity index (χ4n) is 3.62. The van der Waals surface area contributed by atoms with E-state index in [4.69, 9.17) is 4.74 Å². The van der Waals surface area contributed by atoms with Gasteiger partial charge in [0.25, 0.3) is 0 Å². The highest BCUT2D eigenvalue weighted by molar-refractivity contribution is 7.99. The highest BCUT2D eigenvalue weighted by Crippen LogP contribution is 2.38. The predicted molar refractivity (Wildman–Crippen MR) is 136 cm³/mol. The summed E-state index contributed by atoms with van der Waals surface area (Å²) >= 11 is 1.70. The van der Waals surface area contributed by atoms with Crippen LogP contribution in [0.15, 0.2) is 90.0 Å². The molecule has 0 aliphatic heterocycles. The van der Waals surface area contributed by atoms with Gasteiger partial charge in [-0.3, -0.25) is 4.79 Å². The van der Waals surface area contributed by atoms with Crippen LogP contribution in [0, 0.1) is 5.95 Å². The maximum absolute atomic E-state index is 14.5. The Morgan fingerprint density at radius 1 is 0.973 bits per heavy atom. The summed E-state index contributed by atoms with van der Waals surface area (Å²) in [6.07, 6.45) is -3.14. The number of hydrogen-bond acceptors (Lipinski definition) is 4. The standard InChI is InChI=1S/C28H22F4N2O2S/c1-2-37-22-11-8-18(9-12-22)15-26(35)34-20-10-13-23(24-7-4-14-33-27(24)29)25(17-20)36-21-6-3-5-19(16-21)28(30,31)32/h3-14,16-17H,2,15H2,1H3,(H,34,35).